The van der Waals surface area contributed by atoms with Gasteiger partial charge in [-0.25, -0.2) is 0 Å². The highest BCUT2D eigenvalue weighted by Gasteiger charge is 2.32. The molecule has 2 aromatic rings. The van der Waals surface area contributed by atoms with Crippen LogP contribution in [-0.2, 0) is 11.3 Å². The third kappa shape index (κ3) is 3.61. The Hall–Kier alpha value is -2.15. The highest BCUT2D eigenvalue weighted by Crippen LogP contribution is 2.34. The Morgan fingerprint density at radius 3 is 2.64 bits per heavy atom. The minimum atomic E-state index is 0.244. The van der Waals surface area contributed by atoms with Crippen LogP contribution in [-0.4, -0.2) is 51.8 Å². The number of H-pyrrole nitrogens is 1. The standard InChI is InChI=1S/C18H28N6O/c1-13(2)11-24-16(15-10-19-20-14(15)3)21-22-17(24)23-8-6-18(4,7-9-23)12-25-5/h10H,1,6-9,11-12H2,2-5H3,(H,19,20). The molecule has 1 fully saturated rings. The Morgan fingerprint density at radius 2 is 2.08 bits per heavy atom. The lowest BCUT2D eigenvalue weighted by Crippen LogP contribution is -2.42. The first-order chi connectivity index (χ1) is 11.9. The Morgan fingerprint density at radius 1 is 1.36 bits per heavy atom. The summed E-state index contributed by atoms with van der Waals surface area (Å²) in [6.07, 6.45) is 3.98. The highest BCUT2D eigenvalue weighted by molar-refractivity contribution is 5.59. The van der Waals surface area contributed by atoms with Crippen molar-refractivity contribution in [3.05, 3.63) is 24.0 Å². The van der Waals surface area contributed by atoms with Crippen molar-refractivity contribution in [3.8, 4) is 11.4 Å². The van der Waals surface area contributed by atoms with Crippen molar-refractivity contribution in [2.24, 2.45) is 5.41 Å². The molecule has 7 nitrogen and oxygen atoms in total. The largest absolute Gasteiger partial charge is 0.384 e. The van der Waals surface area contributed by atoms with Crippen molar-refractivity contribution in [1.29, 1.82) is 0 Å². The second-order valence-electron chi connectivity index (χ2n) is 7.51. The molecule has 136 valence electrons. The number of anilines is 1. The first kappa shape index (κ1) is 17.7. The quantitative estimate of drug-likeness (QED) is 0.816. The SMILES string of the molecule is C=C(C)Cn1c(-c2cn[nH]c2C)nnc1N1CCC(C)(COC)CC1. The summed E-state index contributed by atoms with van der Waals surface area (Å²) >= 11 is 0. The van der Waals surface area contributed by atoms with Crippen LogP contribution in [0.2, 0.25) is 0 Å². The molecule has 3 heterocycles. The van der Waals surface area contributed by atoms with Gasteiger partial charge in [-0.3, -0.25) is 9.67 Å². The van der Waals surface area contributed by atoms with Gasteiger partial charge in [-0.2, -0.15) is 5.10 Å². The van der Waals surface area contributed by atoms with E-state index in [1.54, 1.807) is 7.11 Å². The van der Waals surface area contributed by atoms with Gasteiger partial charge in [0.05, 0.1) is 18.4 Å². The molecule has 1 N–H and O–H groups in total. The molecule has 1 aliphatic rings. The van der Waals surface area contributed by atoms with Gasteiger partial charge in [0.15, 0.2) is 5.82 Å². The molecule has 7 heteroatoms. The number of aryl methyl sites for hydroxylation is 1. The maximum atomic E-state index is 5.39. The van der Waals surface area contributed by atoms with Crippen LogP contribution in [0, 0.1) is 12.3 Å². The first-order valence-corrected chi connectivity index (χ1v) is 8.75. The lowest BCUT2D eigenvalue weighted by Gasteiger charge is -2.39. The van der Waals surface area contributed by atoms with E-state index in [4.69, 9.17) is 4.74 Å². The summed E-state index contributed by atoms with van der Waals surface area (Å²) in [4.78, 5) is 2.33. The highest BCUT2D eigenvalue weighted by atomic mass is 16.5. The van der Waals surface area contributed by atoms with Crippen molar-refractivity contribution < 1.29 is 4.74 Å². The van der Waals surface area contributed by atoms with Crippen LogP contribution in [0.3, 0.4) is 0 Å². The number of hydrogen-bond acceptors (Lipinski definition) is 5. The van der Waals surface area contributed by atoms with Crippen molar-refractivity contribution >= 4 is 5.95 Å². The second kappa shape index (κ2) is 7.00. The molecule has 0 saturated carbocycles. The summed E-state index contributed by atoms with van der Waals surface area (Å²) < 4.78 is 7.55. The minimum absolute atomic E-state index is 0.244. The summed E-state index contributed by atoms with van der Waals surface area (Å²) in [5, 5.41) is 16.1. The number of nitrogens with zero attached hydrogens (tertiary/aromatic N) is 5. The van der Waals surface area contributed by atoms with E-state index in [2.05, 4.69) is 43.4 Å². The molecule has 0 spiro atoms. The monoisotopic (exact) mass is 344 g/mol. The molecule has 0 unspecified atom stereocenters. The van der Waals surface area contributed by atoms with Crippen molar-refractivity contribution in [2.75, 3.05) is 31.7 Å². The number of ether oxygens (including phenoxy) is 1. The lowest BCUT2D eigenvalue weighted by atomic mass is 9.81. The number of allylic oxidation sites excluding steroid dienone is 1. The molecule has 1 aliphatic heterocycles. The van der Waals surface area contributed by atoms with Crippen LogP contribution in [0.5, 0.6) is 0 Å². The van der Waals surface area contributed by atoms with E-state index < -0.39 is 0 Å². The third-order valence-electron chi connectivity index (χ3n) is 4.98. The number of piperidine rings is 1. The Labute approximate surface area is 149 Å². The summed E-state index contributed by atoms with van der Waals surface area (Å²) in [7, 11) is 1.78. The number of aromatic amines is 1. The minimum Gasteiger partial charge on any atom is -0.384 e. The number of methoxy groups -OCH3 is 1. The maximum Gasteiger partial charge on any atom is 0.227 e. The molecule has 0 atom stereocenters. The average molecular weight is 344 g/mol. The van der Waals surface area contributed by atoms with Crippen LogP contribution < -0.4 is 4.90 Å². The van der Waals surface area contributed by atoms with Crippen LogP contribution in [0.4, 0.5) is 5.95 Å². The zero-order chi connectivity index (χ0) is 18.0. The smallest absolute Gasteiger partial charge is 0.227 e. The molecular weight excluding hydrogens is 316 g/mol. The van der Waals surface area contributed by atoms with Gasteiger partial charge in [0.1, 0.15) is 0 Å². The number of rotatable bonds is 6. The number of nitrogens with one attached hydrogen (secondary N) is 1. The zero-order valence-corrected chi connectivity index (χ0v) is 15.7. The van der Waals surface area contributed by atoms with Crippen molar-refractivity contribution in [2.45, 2.75) is 40.2 Å². The van der Waals surface area contributed by atoms with E-state index >= 15 is 0 Å². The molecule has 0 aliphatic carbocycles. The molecule has 2 aromatic heterocycles. The first-order valence-electron chi connectivity index (χ1n) is 8.75. The van der Waals surface area contributed by atoms with E-state index in [1.807, 2.05) is 20.0 Å². The molecule has 0 aromatic carbocycles. The van der Waals surface area contributed by atoms with Crippen LogP contribution >= 0.6 is 0 Å². The van der Waals surface area contributed by atoms with E-state index in [0.29, 0.717) is 6.54 Å². The van der Waals surface area contributed by atoms with E-state index in [0.717, 1.165) is 61.1 Å². The summed E-state index contributed by atoms with van der Waals surface area (Å²) in [5.41, 5.74) is 3.30. The summed E-state index contributed by atoms with van der Waals surface area (Å²) in [6, 6.07) is 0. The summed E-state index contributed by atoms with van der Waals surface area (Å²) in [5.74, 6) is 1.76. The van der Waals surface area contributed by atoms with E-state index in [9.17, 15) is 0 Å². The van der Waals surface area contributed by atoms with Crippen LogP contribution in [0.15, 0.2) is 18.3 Å². The molecule has 1 saturated heterocycles. The predicted octanol–water partition coefficient (Wildman–Crippen LogP) is 2.81. The lowest BCUT2D eigenvalue weighted by molar-refractivity contribution is 0.0728. The molecular formula is C18H28N6O. The van der Waals surface area contributed by atoms with Gasteiger partial charge in [-0.05, 0) is 32.1 Å². The fraction of sp³-hybridized carbons (Fsp3) is 0.611. The Kier molecular flexibility index (Phi) is 4.94. The van der Waals surface area contributed by atoms with Gasteiger partial charge in [-0.1, -0.05) is 19.1 Å². The van der Waals surface area contributed by atoms with Gasteiger partial charge in [0, 0.05) is 32.4 Å². The van der Waals surface area contributed by atoms with Gasteiger partial charge >= 0.3 is 0 Å². The van der Waals surface area contributed by atoms with Crippen molar-refractivity contribution in [1.82, 2.24) is 25.0 Å². The van der Waals surface area contributed by atoms with Crippen LogP contribution in [0.1, 0.15) is 32.4 Å². The fourth-order valence-electron chi connectivity index (χ4n) is 3.46. The fourth-order valence-corrected chi connectivity index (χ4v) is 3.46. The normalized spacial score (nSPS) is 17.0. The predicted molar refractivity (Wildman–Crippen MR) is 98.6 cm³/mol. The second-order valence-corrected chi connectivity index (χ2v) is 7.51. The number of hydrogen-bond donors (Lipinski definition) is 1. The molecule has 0 amide bonds. The summed E-state index contributed by atoms with van der Waals surface area (Å²) in [6.45, 7) is 13.8. The maximum absolute atomic E-state index is 5.39. The van der Waals surface area contributed by atoms with E-state index in [1.165, 1.54) is 0 Å². The Balaban J connectivity index is 1.88. The molecule has 3 rings (SSSR count). The van der Waals surface area contributed by atoms with Gasteiger partial charge < -0.3 is 9.64 Å². The van der Waals surface area contributed by atoms with E-state index in [-0.39, 0.29) is 5.41 Å². The topological polar surface area (TPSA) is 71.9 Å². The van der Waals surface area contributed by atoms with Crippen LogP contribution in [0.25, 0.3) is 11.4 Å². The molecule has 25 heavy (non-hydrogen) atoms. The average Bonchev–Trinajstić information content (AvgIpc) is 3.14. The molecule has 0 radical (unpaired) electrons. The Bertz CT molecular complexity index is 739. The zero-order valence-electron chi connectivity index (χ0n) is 15.7. The van der Waals surface area contributed by atoms with Gasteiger partial charge in [0.2, 0.25) is 5.95 Å². The number of aromatic nitrogens is 5. The molecule has 0 bridgehead atoms. The van der Waals surface area contributed by atoms with Gasteiger partial charge in [0.25, 0.3) is 0 Å². The van der Waals surface area contributed by atoms with Crippen molar-refractivity contribution in [3.63, 3.8) is 0 Å². The third-order valence-corrected chi connectivity index (χ3v) is 4.98. The van der Waals surface area contributed by atoms with Gasteiger partial charge in [-0.15, -0.1) is 10.2 Å².